The number of hydrogen-bond donors (Lipinski definition) is 1. The van der Waals surface area contributed by atoms with Crippen LogP contribution in [0, 0.1) is 5.92 Å². The molecule has 0 radical (unpaired) electrons. The molecular weight excluding hydrogens is 198 g/mol. The van der Waals surface area contributed by atoms with Gasteiger partial charge >= 0.3 is 0 Å². The van der Waals surface area contributed by atoms with E-state index in [0.717, 1.165) is 18.9 Å². The third kappa shape index (κ3) is 1.61. The van der Waals surface area contributed by atoms with E-state index in [0.29, 0.717) is 6.04 Å². The molecule has 1 unspecified atom stereocenters. The van der Waals surface area contributed by atoms with Crippen molar-refractivity contribution in [2.24, 2.45) is 5.92 Å². The SMILES string of the molecule is OCC1Cc2ccccc2N1CC1CCC1. The van der Waals surface area contributed by atoms with Crippen molar-refractivity contribution in [2.45, 2.75) is 31.7 Å². The highest BCUT2D eigenvalue weighted by Crippen LogP contribution is 2.36. The number of anilines is 1. The average molecular weight is 217 g/mol. The number of hydrogen-bond acceptors (Lipinski definition) is 2. The molecule has 16 heavy (non-hydrogen) atoms. The number of benzene rings is 1. The fourth-order valence-electron chi connectivity index (χ4n) is 2.89. The highest BCUT2D eigenvalue weighted by atomic mass is 16.3. The van der Waals surface area contributed by atoms with Crippen molar-refractivity contribution >= 4 is 5.69 Å². The Labute approximate surface area is 96.9 Å². The van der Waals surface area contributed by atoms with Crippen LogP contribution in [0.4, 0.5) is 5.69 Å². The monoisotopic (exact) mass is 217 g/mol. The van der Waals surface area contributed by atoms with E-state index in [9.17, 15) is 5.11 Å². The van der Waals surface area contributed by atoms with Gasteiger partial charge in [0.25, 0.3) is 0 Å². The normalized spacial score (nSPS) is 24.3. The van der Waals surface area contributed by atoms with E-state index >= 15 is 0 Å². The van der Waals surface area contributed by atoms with Crippen LogP contribution in [0.5, 0.6) is 0 Å². The van der Waals surface area contributed by atoms with Gasteiger partial charge in [-0.1, -0.05) is 24.6 Å². The van der Waals surface area contributed by atoms with Crippen molar-refractivity contribution in [1.82, 2.24) is 0 Å². The summed E-state index contributed by atoms with van der Waals surface area (Å²) < 4.78 is 0. The van der Waals surface area contributed by atoms with Crippen molar-refractivity contribution in [3.63, 3.8) is 0 Å². The standard InChI is InChI=1S/C14H19NO/c16-10-13-8-12-6-1-2-7-14(12)15(13)9-11-4-3-5-11/h1-2,6-7,11,13,16H,3-5,8-10H2. The molecule has 0 spiro atoms. The number of nitrogens with zero attached hydrogens (tertiary/aromatic N) is 1. The van der Waals surface area contributed by atoms with E-state index in [2.05, 4.69) is 29.2 Å². The molecule has 86 valence electrons. The minimum absolute atomic E-state index is 0.279. The summed E-state index contributed by atoms with van der Waals surface area (Å²) in [6, 6.07) is 8.91. The molecule has 1 aromatic carbocycles. The number of para-hydroxylation sites is 1. The largest absolute Gasteiger partial charge is 0.394 e. The van der Waals surface area contributed by atoms with E-state index in [1.165, 1.54) is 30.5 Å². The zero-order valence-electron chi connectivity index (χ0n) is 9.60. The maximum Gasteiger partial charge on any atom is 0.0638 e. The Morgan fingerprint density at radius 2 is 2.06 bits per heavy atom. The lowest BCUT2D eigenvalue weighted by Crippen LogP contribution is -2.40. The van der Waals surface area contributed by atoms with Crippen LogP contribution in [0.15, 0.2) is 24.3 Å². The maximum atomic E-state index is 9.47. The van der Waals surface area contributed by atoms with Gasteiger partial charge < -0.3 is 10.0 Å². The third-order valence-corrected chi connectivity index (χ3v) is 4.09. The van der Waals surface area contributed by atoms with Crippen LogP contribution in [-0.4, -0.2) is 24.3 Å². The third-order valence-electron chi connectivity index (χ3n) is 4.09. The van der Waals surface area contributed by atoms with E-state index in [1.807, 2.05) is 0 Å². The molecule has 0 aromatic heterocycles. The summed E-state index contributed by atoms with van der Waals surface area (Å²) in [6.45, 7) is 1.42. The molecule has 1 aliphatic carbocycles. The highest BCUT2D eigenvalue weighted by molar-refractivity contribution is 5.59. The van der Waals surface area contributed by atoms with Gasteiger partial charge in [0.05, 0.1) is 12.6 Å². The minimum atomic E-state index is 0.279. The van der Waals surface area contributed by atoms with Crippen molar-refractivity contribution in [1.29, 1.82) is 0 Å². The quantitative estimate of drug-likeness (QED) is 0.839. The predicted octanol–water partition coefficient (Wildman–Crippen LogP) is 2.21. The lowest BCUT2D eigenvalue weighted by Gasteiger charge is -2.34. The average Bonchev–Trinajstić information content (AvgIpc) is 2.61. The lowest BCUT2D eigenvalue weighted by atomic mass is 9.85. The summed E-state index contributed by atoms with van der Waals surface area (Å²) in [5, 5.41) is 9.47. The molecule has 2 aliphatic rings. The van der Waals surface area contributed by atoms with Crippen LogP contribution in [0.1, 0.15) is 24.8 Å². The van der Waals surface area contributed by atoms with Crippen molar-refractivity contribution < 1.29 is 5.11 Å². The van der Waals surface area contributed by atoms with Crippen LogP contribution in [0.25, 0.3) is 0 Å². The molecule has 0 amide bonds. The Hall–Kier alpha value is -1.02. The Balaban J connectivity index is 1.82. The molecule has 2 nitrogen and oxygen atoms in total. The van der Waals surface area contributed by atoms with Crippen molar-refractivity contribution in [3.05, 3.63) is 29.8 Å². The number of fused-ring (bicyclic) bond motifs is 1. The second kappa shape index (κ2) is 4.10. The van der Waals surface area contributed by atoms with Gasteiger partial charge in [0.1, 0.15) is 0 Å². The molecular formula is C14H19NO. The fourth-order valence-corrected chi connectivity index (χ4v) is 2.89. The van der Waals surface area contributed by atoms with E-state index in [-0.39, 0.29) is 6.61 Å². The van der Waals surface area contributed by atoms with Crippen LogP contribution in [0.2, 0.25) is 0 Å². The molecule has 1 atom stereocenters. The molecule has 1 saturated carbocycles. The van der Waals surface area contributed by atoms with E-state index in [4.69, 9.17) is 0 Å². The second-order valence-electron chi connectivity index (χ2n) is 5.12. The summed E-state index contributed by atoms with van der Waals surface area (Å²) in [5.41, 5.74) is 2.76. The van der Waals surface area contributed by atoms with Crippen LogP contribution in [0.3, 0.4) is 0 Å². The Bertz CT molecular complexity index is 373. The van der Waals surface area contributed by atoms with Gasteiger partial charge in [-0.05, 0) is 36.8 Å². The highest BCUT2D eigenvalue weighted by Gasteiger charge is 2.31. The molecule has 3 rings (SSSR count). The number of aliphatic hydroxyl groups excluding tert-OH is 1. The van der Waals surface area contributed by atoms with Gasteiger partial charge in [-0.15, -0.1) is 0 Å². The van der Waals surface area contributed by atoms with Gasteiger partial charge in [0.2, 0.25) is 0 Å². The Kier molecular flexibility index (Phi) is 2.60. The molecule has 0 saturated heterocycles. The van der Waals surface area contributed by atoms with E-state index < -0.39 is 0 Å². The first-order valence-corrected chi connectivity index (χ1v) is 6.34. The predicted molar refractivity (Wildman–Crippen MR) is 65.7 cm³/mol. The first kappa shape index (κ1) is 10.2. The summed E-state index contributed by atoms with van der Waals surface area (Å²) in [4.78, 5) is 2.43. The van der Waals surface area contributed by atoms with E-state index in [1.54, 1.807) is 0 Å². The van der Waals surface area contributed by atoms with Crippen LogP contribution >= 0.6 is 0 Å². The van der Waals surface area contributed by atoms with Crippen LogP contribution < -0.4 is 4.90 Å². The molecule has 1 aliphatic heterocycles. The smallest absolute Gasteiger partial charge is 0.0638 e. The fraction of sp³-hybridized carbons (Fsp3) is 0.571. The molecule has 1 fully saturated rings. The Morgan fingerprint density at radius 1 is 1.25 bits per heavy atom. The van der Waals surface area contributed by atoms with Gasteiger partial charge in [0, 0.05) is 12.2 Å². The van der Waals surface area contributed by atoms with Crippen molar-refractivity contribution in [2.75, 3.05) is 18.1 Å². The topological polar surface area (TPSA) is 23.5 Å². The Morgan fingerprint density at radius 3 is 2.75 bits per heavy atom. The van der Waals surface area contributed by atoms with Gasteiger partial charge in [-0.2, -0.15) is 0 Å². The minimum Gasteiger partial charge on any atom is -0.394 e. The number of rotatable bonds is 3. The van der Waals surface area contributed by atoms with Crippen molar-refractivity contribution in [3.8, 4) is 0 Å². The summed E-state index contributed by atoms with van der Waals surface area (Å²) in [6.07, 6.45) is 5.15. The molecule has 1 heterocycles. The summed E-state index contributed by atoms with van der Waals surface area (Å²) in [7, 11) is 0. The zero-order chi connectivity index (χ0) is 11.0. The van der Waals surface area contributed by atoms with Gasteiger partial charge in [-0.25, -0.2) is 0 Å². The molecule has 0 bridgehead atoms. The number of aliphatic hydroxyl groups is 1. The molecule has 1 aromatic rings. The van der Waals surface area contributed by atoms with Gasteiger partial charge in [-0.3, -0.25) is 0 Å². The maximum absolute atomic E-state index is 9.47. The second-order valence-corrected chi connectivity index (χ2v) is 5.12. The summed E-state index contributed by atoms with van der Waals surface area (Å²) in [5.74, 6) is 0.861. The van der Waals surface area contributed by atoms with Gasteiger partial charge in [0.15, 0.2) is 0 Å². The molecule has 2 heteroatoms. The molecule has 1 N–H and O–H groups in total. The first-order chi connectivity index (χ1) is 7.88. The summed E-state index contributed by atoms with van der Waals surface area (Å²) >= 11 is 0. The lowest BCUT2D eigenvalue weighted by molar-refractivity contribution is 0.248. The first-order valence-electron chi connectivity index (χ1n) is 6.34. The zero-order valence-corrected chi connectivity index (χ0v) is 9.60. The van der Waals surface area contributed by atoms with Crippen LogP contribution in [-0.2, 0) is 6.42 Å².